The van der Waals surface area contributed by atoms with E-state index in [1.807, 2.05) is 11.8 Å². The third kappa shape index (κ3) is 5.49. The molecule has 1 saturated heterocycles. The normalized spacial score (nSPS) is 24.9. The molecular weight excluding hydrogens is 244 g/mol. The summed E-state index contributed by atoms with van der Waals surface area (Å²) in [6.07, 6.45) is 3.00. The molecule has 0 aliphatic carbocycles. The van der Waals surface area contributed by atoms with Gasteiger partial charge in [-0.05, 0) is 38.0 Å². The van der Waals surface area contributed by atoms with Crippen molar-refractivity contribution in [1.29, 1.82) is 0 Å². The summed E-state index contributed by atoms with van der Waals surface area (Å²) in [6, 6.07) is 0.284. The number of nitrogens with one attached hydrogen (secondary N) is 1. The smallest absolute Gasteiger partial charge is 0.317 e. The van der Waals surface area contributed by atoms with Gasteiger partial charge in [0.05, 0.1) is 0 Å². The third-order valence-electron chi connectivity index (χ3n) is 3.83. The monoisotopic (exact) mass is 270 g/mol. The van der Waals surface area contributed by atoms with Gasteiger partial charge in [-0.3, -0.25) is 4.79 Å². The van der Waals surface area contributed by atoms with E-state index in [4.69, 9.17) is 5.11 Å². The number of carbonyl (C=O) groups is 2. The molecule has 0 bridgehead atoms. The first kappa shape index (κ1) is 15.8. The summed E-state index contributed by atoms with van der Waals surface area (Å²) >= 11 is 0. The van der Waals surface area contributed by atoms with Crippen molar-refractivity contribution in [3.63, 3.8) is 0 Å². The van der Waals surface area contributed by atoms with Crippen LogP contribution in [0.4, 0.5) is 4.79 Å². The summed E-state index contributed by atoms with van der Waals surface area (Å²) < 4.78 is 0. The molecule has 19 heavy (non-hydrogen) atoms. The van der Waals surface area contributed by atoms with Crippen LogP contribution in [0.3, 0.4) is 0 Å². The lowest BCUT2D eigenvalue weighted by molar-refractivity contribution is -0.137. The van der Waals surface area contributed by atoms with Gasteiger partial charge in [-0.1, -0.05) is 13.8 Å². The fourth-order valence-electron chi connectivity index (χ4n) is 2.41. The first-order valence-electron chi connectivity index (χ1n) is 7.16. The summed E-state index contributed by atoms with van der Waals surface area (Å²) in [5.41, 5.74) is 0. The van der Waals surface area contributed by atoms with Crippen LogP contribution in [0.25, 0.3) is 0 Å². The van der Waals surface area contributed by atoms with Crippen molar-refractivity contribution in [3.8, 4) is 0 Å². The van der Waals surface area contributed by atoms with Crippen molar-refractivity contribution < 1.29 is 14.7 Å². The van der Waals surface area contributed by atoms with Crippen molar-refractivity contribution in [3.05, 3.63) is 0 Å². The Morgan fingerprint density at radius 1 is 1.37 bits per heavy atom. The van der Waals surface area contributed by atoms with Crippen molar-refractivity contribution in [2.24, 2.45) is 11.8 Å². The van der Waals surface area contributed by atoms with E-state index in [0.29, 0.717) is 24.9 Å². The van der Waals surface area contributed by atoms with Crippen molar-refractivity contribution in [2.75, 3.05) is 13.1 Å². The molecule has 0 aromatic carbocycles. The highest BCUT2D eigenvalue weighted by Gasteiger charge is 2.26. The summed E-state index contributed by atoms with van der Waals surface area (Å²) in [6.45, 7) is 7.58. The predicted octanol–water partition coefficient (Wildman–Crippen LogP) is 2.32. The lowest BCUT2D eigenvalue weighted by Crippen LogP contribution is -2.50. The molecule has 3 unspecified atom stereocenters. The van der Waals surface area contributed by atoms with Gasteiger partial charge in [-0.2, -0.15) is 0 Å². The molecule has 5 heteroatoms. The number of nitrogens with zero attached hydrogens (tertiary/aromatic N) is 1. The van der Waals surface area contributed by atoms with Crippen LogP contribution >= 0.6 is 0 Å². The van der Waals surface area contributed by atoms with Gasteiger partial charge in [-0.25, -0.2) is 4.79 Å². The highest BCUT2D eigenvalue weighted by Crippen LogP contribution is 2.21. The number of hydrogen-bond donors (Lipinski definition) is 2. The molecule has 1 rings (SSSR count). The van der Waals surface area contributed by atoms with Crippen LogP contribution in [-0.2, 0) is 4.79 Å². The average molecular weight is 270 g/mol. The molecule has 2 amide bonds. The van der Waals surface area contributed by atoms with Gasteiger partial charge in [0.1, 0.15) is 0 Å². The number of hydrogen-bond acceptors (Lipinski definition) is 2. The molecule has 0 aromatic rings. The minimum atomic E-state index is -0.781. The molecule has 1 heterocycles. The average Bonchev–Trinajstić information content (AvgIpc) is 2.36. The van der Waals surface area contributed by atoms with Gasteiger partial charge >= 0.3 is 12.0 Å². The molecule has 0 radical (unpaired) electrons. The van der Waals surface area contributed by atoms with E-state index in [1.54, 1.807) is 0 Å². The minimum Gasteiger partial charge on any atom is -0.481 e. The standard InChI is InChI=1S/C14H26N2O3/c1-10(5-7-13(17)18)8-15-14(19)16-9-11(2)4-6-12(16)3/h10-12H,4-9H2,1-3H3,(H,15,19)(H,17,18). The largest absolute Gasteiger partial charge is 0.481 e. The maximum atomic E-state index is 12.1. The van der Waals surface area contributed by atoms with Crippen molar-refractivity contribution in [1.82, 2.24) is 10.2 Å². The van der Waals surface area contributed by atoms with E-state index >= 15 is 0 Å². The fourth-order valence-corrected chi connectivity index (χ4v) is 2.41. The van der Waals surface area contributed by atoms with E-state index in [9.17, 15) is 9.59 Å². The molecule has 0 aromatic heterocycles. The molecule has 1 fully saturated rings. The first-order chi connectivity index (χ1) is 8.90. The molecule has 3 atom stereocenters. The molecular formula is C14H26N2O3. The number of urea groups is 1. The zero-order valence-electron chi connectivity index (χ0n) is 12.2. The number of carbonyl (C=O) groups excluding carboxylic acids is 1. The van der Waals surface area contributed by atoms with E-state index in [0.717, 1.165) is 13.0 Å². The molecule has 1 aliphatic heterocycles. The topological polar surface area (TPSA) is 69.6 Å². The van der Waals surface area contributed by atoms with E-state index in [2.05, 4.69) is 19.2 Å². The Morgan fingerprint density at radius 2 is 2.05 bits per heavy atom. The second kappa shape index (κ2) is 7.36. The van der Waals surface area contributed by atoms with Gasteiger partial charge in [-0.15, -0.1) is 0 Å². The van der Waals surface area contributed by atoms with Crippen LogP contribution in [0.2, 0.25) is 0 Å². The highest BCUT2D eigenvalue weighted by atomic mass is 16.4. The van der Waals surface area contributed by atoms with Gasteiger partial charge in [0.25, 0.3) is 0 Å². The predicted molar refractivity (Wildman–Crippen MR) is 74.0 cm³/mol. The van der Waals surface area contributed by atoms with Crippen LogP contribution in [0.1, 0.15) is 46.5 Å². The summed E-state index contributed by atoms with van der Waals surface area (Å²) in [5, 5.41) is 11.5. The molecule has 110 valence electrons. The van der Waals surface area contributed by atoms with Crippen LogP contribution in [-0.4, -0.2) is 41.1 Å². The number of piperidine rings is 1. The molecule has 0 spiro atoms. The molecule has 0 saturated carbocycles. The van der Waals surface area contributed by atoms with Crippen molar-refractivity contribution >= 4 is 12.0 Å². The van der Waals surface area contributed by atoms with Gasteiger partial charge in [0, 0.05) is 25.6 Å². The Kier molecular flexibility index (Phi) is 6.12. The Morgan fingerprint density at radius 3 is 2.68 bits per heavy atom. The number of aliphatic carboxylic acids is 1. The second-order valence-electron chi connectivity index (χ2n) is 5.91. The SMILES string of the molecule is CC(CCC(=O)O)CNC(=O)N1CC(C)CCC1C. The van der Waals surface area contributed by atoms with Crippen LogP contribution in [0.5, 0.6) is 0 Å². The van der Waals surface area contributed by atoms with Gasteiger partial charge in [0.2, 0.25) is 0 Å². The fraction of sp³-hybridized carbons (Fsp3) is 0.857. The zero-order valence-corrected chi connectivity index (χ0v) is 12.2. The number of likely N-dealkylation sites (tertiary alicyclic amines) is 1. The van der Waals surface area contributed by atoms with E-state index in [1.165, 1.54) is 6.42 Å². The molecule has 2 N–H and O–H groups in total. The number of rotatable bonds is 5. The van der Waals surface area contributed by atoms with Gasteiger partial charge in [0.15, 0.2) is 0 Å². The van der Waals surface area contributed by atoms with Crippen LogP contribution in [0, 0.1) is 11.8 Å². The Bertz CT molecular complexity index is 320. The lowest BCUT2D eigenvalue weighted by atomic mass is 9.95. The number of carboxylic acid groups (broad SMARTS) is 1. The maximum absolute atomic E-state index is 12.1. The minimum absolute atomic E-state index is 0.0128. The van der Waals surface area contributed by atoms with Crippen LogP contribution < -0.4 is 5.32 Å². The second-order valence-corrected chi connectivity index (χ2v) is 5.91. The molecule has 1 aliphatic rings. The summed E-state index contributed by atoms with van der Waals surface area (Å²) in [7, 11) is 0. The number of carboxylic acids is 1. The zero-order chi connectivity index (χ0) is 14.4. The first-order valence-corrected chi connectivity index (χ1v) is 7.16. The Balaban J connectivity index is 2.31. The lowest BCUT2D eigenvalue weighted by Gasteiger charge is -2.36. The van der Waals surface area contributed by atoms with E-state index in [-0.39, 0.29) is 18.4 Å². The van der Waals surface area contributed by atoms with E-state index < -0.39 is 5.97 Å². The van der Waals surface area contributed by atoms with Crippen molar-refractivity contribution in [2.45, 2.75) is 52.5 Å². The molecule has 5 nitrogen and oxygen atoms in total. The highest BCUT2D eigenvalue weighted by molar-refractivity contribution is 5.74. The Labute approximate surface area is 115 Å². The maximum Gasteiger partial charge on any atom is 0.317 e. The summed E-state index contributed by atoms with van der Waals surface area (Å²) in [4.78, 5) is 24.5. The number of amides is 2. The summed E-state index contributed by atoms with van der Waals surface area (Å²) in [5.74, 6) is -0.0272. The Hall–Kier alpha value is -1.26. The third-order valence-corrected chi connectivity index (χ3v) is 3.83. The van der Waals surface area contributed by atoms with Gasteiger partial charge < -0.3 is 15.3 Å². The van der Waals surface area contributed by atoms with Crippen LogP contribution in [0.15, 0.2) is 0 Å². The quantitative estimate of drug-likeness (QED) is 0.805.